The number of piperidine rings is 2. The second-order valence-corrected chi connectivity index (χ2v) is 9.60. The number of amides is 3. The molecular weight excluding hydrogens is 446 g/mol. The van der Waals surface area contributed by atoms with Gasteiger partial charge in [-0.15, -0.1) is 0 Å². The molecule has 8 nitrogen and oxygen atoms in total. The molecule has 3 N–H and O–H groups in total. The van der Waals surface area contributed by atoms with E-state index in [1.54, 1.807) is 30.3 Å². The molecule has 6 atom stereocenters. The molecule has 2 bridgehead atoms. The Morgan fingerprint density at radius 2 is 2.03 bits per heavy atom. The maximum Gasteiger partial charge on any atom is 0.259 e. The minimum atomic E-state index is -3.16. The van der Waals surface area contributed by atoms with E-state index >= 15 is 0 Å². The van der Waals surface area contributed by atoms with Gasteiger partial charge in [-0.1, -0.05) is 30.3 Å². The fourth-order valence-electron chi connectivity index (χ4n) is 5.49. The number of carbonyl (C=O) groups is 3. The van der Waals surface area contributed by atoms with Crippen molar-refractivity contribution in [3.8, 4) is 6.07 Å². The Morgan fingerprint density at radius 1 is 1.32 bits per heavy atom. The molecule has 3 amide bonds. The summed E-state index contributed by atoms with van der Waals surface area (Å²) in [5.41, 5.74) is -1.74. The first kappa shape index (κ1) is 24.1. The average molecular weight is 475 g/mol. The number of nitrogens with zero attached hydrogens (tertiary/aromatic N) is 2. The third kappa shape index (κ3) is 4.25. The molecular formula is C24H28F2N4O4. The molecule has 5 rings (SSSR count). The van der Waals surface area contributed by atoms with E-state index in [1.807, 2.05) is 6.07 Å². The molecule has 4 fully saturated rings. The van der Waals surface area contributed by atoms with Gasteiger partial charge in [0, 0.05) is 24.9 Å². The van der Waals surface area contributed by atoms with E-state index < -0.39 is 59.7 Å². The third-order valence-electron chi connectivity index (χ3n) is 7.35. The molecule has 1 aromatic rings. The minimum Gasteiger partial charge on any atom is -0.376 e. The van der Waals surface area contributed by atoms with Crippen LogP contribution in [0.25, 0.3) is 0 Å². The summed E-state index contributed by atoms with van der Waals surface area (Å²) in [5.74, 6) is -6.95. The summed E-state index contributed by atoms with van der Waals surface area (Å²) in [6, 6.07) is 6.55. The molecule has 4 aliphatic rings. The van der Waals surface area contributed by atoms with Crippen LogP contribution in [0.3, 0.4) is 0 Å². The lowest BCUT2D eigenvalue weighted by molar-refractivity contribution is -0.203. The number of hydrogen-bond acceptors (Lipinski definition) is 5. The normalized spacial score (nSPS) is 30.1. The van der Waals surface area contributed by atoms with Crippen molar-refractivity contribution in [3.05, 3.63) is 35.9 Å². The summed E-state index contributed by atoms with van der Waals surface area (Å²) in [6.45, 7) is 1.77. The number of hydrogen-bond donors (Lipinski definition) is 3. The highest BCUT2D eigenvalue weighted by Crippen LogP contribution is 2.50. The summed E-state index contributed by atoms with van der Waals surface area (Å²) in [6.07, 6.45) is 0.340. The van der Waals surface area contributed by atoms with Crippen LogP contribution in [0.15, 0.2) is 30.3 Å². The maximum atomic E-state index is 14.9. The second-order valence-electron chi connectivity index (χ2n) is 9.60. The number of alkyl halides is 2. The first-order chi connectivity index (χ1) is 16.1. The Balaban J connectivity index is 1.60. The zero-order valence-corrected chi connectivity index (χ0v) is 18.8. The van der Waals surface area contributed by atoms with Gasteiger partial charge in [0.1, 0.15) is 12.1 Å². The largest absolute Gasteiger partial charge is 0.376 e. The summed E-state index contributed by atoms with van der Waals surface area (Å²) < 4.78 is 29.7. The molecule has 1 saturated carbocycles. The molecule has 1 aliphatic carbocycles. The maximum absolute atomic E-state index is 14.9. The lowest BCUT2D eigenvalue weighted by Gasteiger charge is -2.54. The highest BCUT2D eigenvalue weighted by Gasteiger charge is 2.62. The Bertz CT molecular complexity index is 1010. The number of nitrogens with one attached hydrogen (secondary N) is 2. The summed E-state index contributed by atoms with van der Waals surface area (Å²) >= 11 is 0. The van der Waals surface area contributed by atoms with E-state index in [0.29, 0.717) is 19.4 Å². The number of fused-ring (bicyclic) bond motifs is 3. The monoisotopic (exact) mass is 474 g/mol. The molecule has 0 spiro atoms. The lowest BCUT2D eigenvalue weighted by atomic mass is 9.70. The predicted octanol–water partition coefficient (Wildman–Crippen LogP) is 1.44. The summed E-state index contributed by atoms with van der Waals surface area (Å²) in [5, 5.41) is 25.8. The van der Waals surface area contributed by atoms with E-state index in [0.717, 1.165) is 4.90 Å². The molecule has 182 valence electrons. The lowest BCUT2D eigenvalue weighted by Crippen LogP contribution is -2.70. The number of nitriles is 1. The van der Waals surface area contributed by atoms with Gasteiger partial charge in [0.25, 0.3) is 11.8 Å². The van der Waals surface area contributed by atoms with Gasteiger partial charge in [-0.05, 0) is 38.2 Å². The van der Waals surface area contributed by atoms with Gasteiger partial charge in [-0.2, -0.15) is 5.26 Å². The molecule has 0 unspecified atom stereocenters. The average Bonchev–Trinajstić information content (AvgIpc) is 3.21. The number of aliphatic hydroxyl groups is 1. The molecule has 3 saturated heterocycles. The van der Waals surface area contributed by atoms with Gasteiger partial charge in [0.15, 0.2) is 5.60 Å². The van der Waals surface area contributed by atoms with Gasteiger partial charge >= 0.3 is 0 Å². The quantitative estimate of drug-likeness (QED) is 0.576. The second kappa shape index (κ2) is 8.95. The molecule has 10 heteroatoms. The topological polar surface area (TPSA) is 123 Å². The van der Waals surface area contributed by atoms with E-state index in [1.165, 1.54) is 6.92 Å². The van der Waals surface area contributed by atoms with Crippen molar-refractivity contribution in [2.75, 3.05) is 6.54 Å². The Morgan fingerprint density at radius 3 is 2.62 bits per heavy atom. The highest BCUT2D eigenvalue weighted by atomic mass is 19.3. The van der Waals surface area contributed by atoms with Crippen LogP contribution in [-0.4, -0.2) is 58.3 Å². The highest BCUT2D eigenvalue weighted by molar-refractivity contribution is 5.93. The Kier molecular flexibility index (Phi) is 6.34. The Hall–Kier alpha value is -3.06. The fraction of sp³-hybridized carbons (Fsp3) is 0.583. The van der Waals surface area contributed by atoms with Crippen molar-refractivity contribution in [3.63, 3.8) is 0 Å². The number of carbonyl (C=O) groups excluding carboxylic acids is 3. The van der Waals surface area contributed by atoms with Crippen LogP contribution in [0, 0.1) is 23.2 Å². The SMILES string of the molecule is C[C@](O)(C(=O)N1[C@@H]2CC[C@H]([C@H]1C(=O)N[C@H](C#N)C[C@@H]1CCNC1=O)C(F)(F)C2)c1ccccc1. The van der Waals surface area contributed by atoms with Crippen LogP contribution < -0.4 is 10.6 Å². The van der Waals surface area contributed by atoms with Crippen LogP contribution >= 0.6 is 0 Å². The van der Waals surface area contributed by atoms with Gasteiger partial charge < -0.3 is 20.6 Å². The third-order valence-corrected chi connectivity index (χ3v) is 7.35. The van der Waals surface area contributed by atoms with Gasteiger partial charge in [0.05, 0.1) is 12.0 Å². The minimum absolute atomic E-state index is 0.0509. The first-order valence-corrected chi connectivity index (χ1v) is 11.5. The van der Waals surface area contributed by atoms with E-state index in [9.17, 15) is 33.5 Å². The number of benzene rings is 1. The fourth-order valence-corrected chi connectivity index (χ4v) is 5.49. The van der Waals surface area contributed by atoms with E-state index in [2.05, 4.69) is 10.6 Å². The van der Waals surface area contributed by atoms with Crippen LogP contribution in [0.5, 0.6) is 0 Å². The number of halogens is 2. The molecule has 3 heterocycles. The predicted molar refractivity (Wildman–Crippen MR) is 116 cm³/mol. The van der Waals surface area contributed by atoms with Gasteiger partial charge in [0.2, 0.25) is 11.8 Å². The van der Waals surface area contributed by atoms with Crippen molar-refractivity contribution in [1.82, 2.24) is 15.5 Å². The molecule has 34 heavy (non-hydrogen) atoms. The molecule has 0 radical (unpaired) electrons. The van der Waals surface area contributed by atoms with Crippen molar-refractivity contribution in [1.29, 1.82) is 5.26 Å². The molecule has 1 aromatic carbocycles. The van der Waals surface area contributed by atoms with Crippen molar-refractivity contribution in [2.45, 2.75) is 68.7 Å². The van der Waals surface area contributed by atoms with Gasteiger partial charge in [-0.25, -0.2) is 8.78 Å². The zero-order valence-electron chi connectivity index (χ0n) is 18.8. The smallest absolute Gasteiger partial charge is 0.259 e. The van der Waals surface area contributed by atoms with Crippen LogP contribution in [-0.2, 0) is 20.0 Å². The van der Waals surface area contributed by atoms with Crippen molar-refractivity contribution >= 4 is 17.7 Å². The zero-order chi connectivity index (χ0) is 24.7. The van der Waals surface area contributed by atoms with E-state index in [-0.39, 0.29) is 24.3 Å². The van der Waals surface area contributed by atoms with Crippen molar-refractivity contribution in [2.24, 2.45) is 11.8 Å². The Labute approximate surface area is 196 Å². The van der Waals surface area contributed by atoms with Crippen molar-refractivity contribution < 1.29 is 28.3 Å². The first-order valence-electron chi connectivity index (χ1n) is 11.5. The summed E-state index contributed by atoms with van der Waals surface area (Å²) in [4.78, 5) is 39.8. The molecule has 0 aromatic heterocycles. The standard InChI is InChI=1S/C24H28F2N4O4/c1-23(34,15-5-3-2-4-6-15)22(33)30-17-7-8-18(24(25,26)12-17)19(30)21(32)29-16(13-27)11-14-9-10-28-20(14)31/h2-6,14,16-19,34H,7-12H2,1H3,(H,28,31)(H,29,32)/t14-,16-,17+,18+,19-,23+/m0/s1. The van der Waals surface area contributed by atoms with Crippen LogP contribution in [0.1, 0.15) is 44.6 Å². The molecule has 3 aliphatic heterocycles. The summed E-state index contributed by atoms with van der Waals surface area (Å²) in [7, 11) is 0. The van der Waals surface area contributed by atoms with Crippen LogP contribution in [0.2, 0.25) is 0 Å². The van der Waals surface area contributed by atoms with E-state index in [4.69, 9.17) is 0 Å². The van der Waals surface area contributed by atoms with Gasteiger partial charge in [-0.3, -0.25) is 14.4 Å². The van der Waals surface area contributed by atoms with Crippen LogP contribution in [0.4, 0.5) is 8.78 Å². The number of rotatable bonds is 6.